The van der Waals surface area contributed by atoms with Gasteiger partial charge in [0, 0.05) is 18.6 Å². The topological polar surface area (TPSA) is 44.2 Å². The summed E-state index contributed by atoms with van der Waals surface area (Å²) >= 11 is 4.93. The number of rotatable bonds is 4. The molecule has 6 heteroatoms. The summed E-state index contributed by atoms with van der Waals surface area (Å²) in [5, 5.41) is 0.732. The van der Waals surface area contributed by atoms with Gasteiger partial charge in [0.2, 0.25) is 5.88 Å². The average molecular weight is 305 g/mol. The number of ether oxygens (including phenoxy) is 2. The lowest BCUT2D eigenvalue weighted by atomic mass is 10.3. The molecular formula is C10H13BrN2O2S. The number of aromatic nitrogens is 2. The number of halogens is 1. The molecule has 0 spiro atoms. The van der Waals surface area contributed by atoms with Crippen LogP contribution in [0.1, 0.15) is 12.8 Å². The number of nitrogens with zero attached hydrogens (tertiary/aromatic N) is 2. The van der Waals surface area contributed by atoms with Crippen LogP contribution in [0.3, 0.4) is 0 Å². The van der Waals surface area contributed by atoms with E-state index in [0.717, 1.165) is 34.8 Å². The van der Waals surface area contributed by atoms with E-state index in [2.05, 4.69) is 25.9 Å². The first kappa shape index (κ1) is 12.1. The molecule has 1 aromatic rings. The third kappa shape index (κ3) is 3.09. The lowest BCUT2D eigenvalue weighted by molar-refractivity contribution is 0.129. The van der Waals surface area contributed by atoms with E-state index in [9.17, 15) is 0 Å². The Labute approximate surface area is 107 Å². The van der Waals surface area contributed by atoms with Crippen molar-refractivity contribution in [3.8, 4) is 5.88 Å². The van der Waals surface area contributed by atoms with Crippen molar-refractivity contribution in [3.63, 3.8) is 0 Å². The van der Waals surface area contributed by atoms with Gasteiger partial charge in [-0.25, -0.2) is 4.98 Å². The van der Waals surface area contributed by atoms with E-state index in [4.69, 9.17) is 9.47 Å². The normalized spacial score (nSPS) is 20.0. The SMILES string of the molecule is COc1nc(SCC2CCCO2)ncc1Br. The van der Waals surface area contributed by atoms with Crippen molar-refractivity contribution in [2.75, 3.05) is 19.5 Å². The van der Waals surface area contributed by atoms with Gasteiger partial charge in [0.15, 0.2) is 5.16 Å². The van der Waals surface area contributed by atoms with Gasteiger partial charge in [-0.05, 0) is 28.8 Å². The van der Waals surface area contributed by atoms with E-state index < -0.39 is 0 Å². The minimum Gasteiger partial charge on any atom is -0.480 e. The van der Waals surface area contributed by atoms with Crippen LogP contribution >= 0.6 is 27.7 Å². The molecule has 1 atom stereocenters. The summed E-state index contributed by atoms with van der Waals surface area (Å²) in [5.41, 5.74) is 0. The van der Waals surface area contributed by atoms with E-state index in [-0.39, 0.29) is 0 Å². The molecule has 1 aliphatic rings. The molecule has 0 saturated carbocycles. The molecular weight excluding hydrogens is 292 g/mol. The maximum absolute atomic E-state index is 5.54. The zero-order valence-corrected chi connectivity index (χ0v) is 11.4. The predicted octanol–water partition coefficient (Wildman–Crippen LogP) is 2.52. The molecule has 0 aliphatic carbocycles. The highest BCUT2D eigenvalue weighted by molar-refractivity contribution is 9.10. The van der Waals surface area contributed by atoms with Gasteiger partial charge in [-0.3, -0.25) is 0 Å². The molecule has 0 radical (unpaired) electrons. The Bertz CT molecular complexity index is 359. The van der Waals surface area contributed by atoms with Crippen molar-refractivity contribution in [1.29, 1.82) is 0 Å². The van der Waals surface area contributed by atoms with Crippen LogP contribution in [0.2, 0.25) is 0 Å². The van der Waals surface area contributed by atoms with Crippen LogP contribution in [0.25, 0.3) is 0 Å². The molecule has 0 aromatic carbocycles. The molecule has 1 aliphatic heterocycles. The van der Waals surface area contributed by atoms with E-state index in [1.165, 1.54) is 0 Å². The zero-order chi connectivity index (χ0) is 11.4. The van der Waals surface area contributed by atoms with E-state index in [1.54, 1.807) is 25.1 Å². The Balaban J connectivity index is 1.93. The van der Waals surface area contributed by atoms with Crippen LogP contribution in [-0.2, 0) is 4.74 Å². The minimum absolute atomic E-state index is 0.350. The summed E-state index contributed by atoms with van der Waals surface area (Å²) in [6, 6.07) is 0. The zero-order valence-electron chi connectivity index (χ0n) is 8.98. The maximum Gasteiger partial charge on any atom is 0.231 e. The van der Waals surface area contributed by atoms with Gasteiger partial charge in [0.05, 0.1) is 17.7 Å². The molecule has 1 aromatic heterocycles. The second-order valence-corrected chi connectivity index (χ2v) is 5.30. The highest BCUT2D eigenvalue weighted by Gasteiger charge is 2.16. The summed E-state index contributed by atoms with van der Waals surface area (Å²) < 4.78 is 11.4. The summed E-state index contributed by atoms with van der Waals surface area (Å²) in [6.07, 6.45) is 4.36. The van der Waals surface area contributed by atoms with Crippen molar-refractivity contribution < 1.29 is 9.47 Å². The van der Waals surface area contributed by atoms with Gasteiger partial charge in [-0.1, -0.05) is 11.8 Å². The summed E-state index contributed by atoms with van der Waals surface area (Å²) in [4.78, 5) is 8.50. The van der Waals surface area contributed by atoms with Crippen LogP contribution in [0, 0.1) is 0 Å². The lowest BCUT2D eigenvalue weighted by Crippen LogP contribution is -2.08. The third-order valence-corrected chi connectivity index (χ3v) is 3.84. The molecule has 1 fully saturated rings. The average Bonchev–Trinajstić information content (AvgIpc) is 2.81. The molecule has 1 unspecified atom stereocenters. The first-order valence-electron chi connectivity index (χ1n) is 5.10. The molecule has 1 saturated heterocycles. The largest absolute Gasteiger partial charge is 0.480 e. The maximum atomic E-state index is 5.54. The van der Waals surface area contributed by atoms with E-state index in [1.807, 2.05) is 0 Å². The van der Waals surface area contributed by atoms with Crippen molar-refractivity contribution in [1.82, 2.24) is 9.97 Å². The monoisotopic (exact) mass is 304 g/mol. The van der Waals surface area contributed by atoms with Crippen LogP contribution < -0.4 is 4.74 Å². The molecule has 0 N–H and O–H groups in total. The Kier molecular flexibility index (Phi) is 4.43. The van der Waals surface area contributed by atoms with E-state index >= 15 is 0 Å². The number of methoxy groups -OCH3 is 1. The summed E-state index contributed by atoms with van der Waals surface area (Å²) in [7, 11) is 1.60. The van der Waals surface area contributed by atoms with Crippen molar-refractivity contribution in [3.05, 3.63) is 10.7 Å². The van der Waals surface area contributed by atoms with Crippen LogP contribution in [0.4, 0.5) is 0 Å². The minimum atomic E-state index is 0.350. The van der Waals surface area contributed by atoms with Crippen molar-refractivity contribution in [2.24, 2.45) is 0 Å². The fraction of sp³-hybridized carbons (Fsp3) is 0.600. The first-order valence-corrected chi connectivity index (χ1v) is 6.88. The van der Waals surface area contributed by atoms with Crippen LogP contribution in [-0.4, -0.2) is 35.5 Å². The molecule has 4 nitrogen and oxygen atoms in total. The Hall–Kier alpha value is -0.330. The Morgan fingerprint density at radius 3 is 3.25 bits per heavy atom. The second kappa shape index (κ2) is 5.84. The molecule has 88 valence electrons. The predicted molar refractivity (Wildman–Crippen MR) is 66.0 cm³/mol. The van der Waals surface area contributed by atoms with Gasteiger partial charge in [-0.15, -0.1) is 0 Å². The van der Waals surface area contributed by atoms with Crippen molar-refractivity contribution in [2.45, 2.75) is 24.1 Å². The molecule has 0 bridgehead atoms. The fourth-order valence-electron chi connectivity index (χ4n) is 1.49. The highest BCUT2D eigenvalue weighted by atomic mass is 79.9. The van der Waals surface area contributed by atoms with Crippen LogP contribution in [0.15, 0.2) is 15.8 Å². The van der Waals surface area contributed by atoms with Gasteiger partial charge in [0.1, 0.15) is 0 Å². The smallest absolute Gasteiger partial charge is 0.231 e. The van der Waals surface area contributed by atoms with Gasteiger partial charge in [0.25, 0.3) is 0 Å². The second-order valence-electron chi connectivity index (χ2n) is 3.46. The molecule has 16 heavy (non-hydrogen) atoms. The summed E-state index contributed by atoms with van der Waals surface area (Å²) in [5.74, 6) is 1.48. The quantitative estimate of drug-likeness (QED) is 0.632. The molecule has 0 amide bonds. The molecule has 2 heterocycles. The Morgan fingerprint density at radius 1 is 1.69 bits per heavy atom. The van der Waals surface area contributed by atoms with Crippen molar-refractivity contribution >= 4 is 27.7 Å². The number of thioether (sulfide) groups is 1. The Morgan fingerprint density at radius 2 is 2.56 bits per heavy atom. The fourth-order valence-corrected chi connectivity index (χ4v) is 2.72. The first-order chi connectivity index (χ1) is 7.79. The van der Waals surface area contributed by atoms with E-state index in [0.29, 0.717) is 12.0 Å². The number of hydrogen-bond donors (Lipinski definition) is 0. The molecule has 2 rings (SSSR count). The highest BCUT2D eigenvalue weighted by Crippen LogP contribution is 2.26. The summed E-state index contributed by atoms with van der Waals surface area (Å²) in [6.45, 7) is 0.885. The van der Waals surface area contributed by atoms with Gasteiger partial charge in [-0.2, -0.15) is 4.98 Å². The standard InChI is InChI=1S/C10H13BrN2O2S/c1-14-9-8(11)5-12-10(13-9)16-6-7-3-2-4-15-7/h5,7H,2-4,6H2,1H3. The lowest BCUT2D eigenvalue weighted by Gasteiger charge is -2.08. The number of hydrogen-bond acceptors (Lipinski definition) is 5. The van der Waals surface area contributed by atoms with Crippen LogP contribution in [0.5, 0.6) is 5.88 Å². The van der Waals surface area contributed by atoms with Gasteiger partial charge >= 0.3 is 0 Å². The van der Waals surface area contributed by atoms with Gasteiger partial charge < -0.3 is 9.47 Å². The third-order valence-electron chi connectivity index (χ3n) is 2.31.